The van der Waals surface area contributed by atoms with Gasteiger partial charge in [0, 0.05) is 12.5 Å². The van der Waals surface area contributed by atoms with Crippen molar-refractivity contribution in [2.24, 2.45) is 5.41 Å². The number of carbonyl (C=O) groups is 1. The fourth-order valence-electron chi connectivity index (χ4n) is 5.08. The van der Waals surface area contributed by atoms with Crippen molar-refractivity contribution in [2.45, 2.75) is 37.7 Å². The monoisotopic (exact) mass is 441 g/mol. The maximum atomic E-state index is 11.7. The van der Waals surface area contributed by atoms with Gasteiger partial charge >= 0.3 is 6.09 Å². The van der Waals surface area contributed by atoms with E-state index in [1.54, 1.807) is 0 Å². The summed E-state index contributed by atoms with van der Waals surface area (Å²) in [5.41, 5.74) is 5.17. The number of hydrogen-bond acceptors (Lipinski definition) is 2. The lowest BCUT2D eigenvalue weighted by Gasteiger charge is -2.38. The summed E-state index contributed by atoms with van der Waals surface area (Å²) in [5, 5.41) is 9.61. The third-order valence-electron chi connectivity index (χ3n) is 7.23. The molecule has 4 heteroatoms. The number of amides is 1. The lowest BCUT2D eigenvalue weighted by Crippen LogP contribution is -2.47. The van der Waals surface area contributed by atoms with E-state index in [1.165, 1.54) is 40.0 Å². The maximum Gasteiger partial charge on any atom is 0.407 e. The van der Waals surface area contributed by atoms with Crippen molar-refractivity contribution in [2.75, 3.05) is 19.7 Å². The number of rotatable bonds is 7. The van der Waals surface area contributed by atoms with Crippen LogP contribution >= 0.6 is 0 Å². The van der Waals surface area contributed by atoms with E-state index >= 15 is 0 Å². The Morgan fingerprint density at radius 1 is 0.939 bits per heavy atom. The third-order valence-corrected chi connectivity index (χ3v) is 7.23. The number of carboxylic acid groups (broad SMARTS) is 1. The molecular weight excluding hydrogens is 410 g/mol. The van der Waals surface area contributed by atoms with Crippen molar-refractivity contribution in [1.29, 1.82) is 0 Å². The number of hydrogen-bond donors (Lipinski definition) is 1. The molecule has 2 aliphatic rings. The smallest absolute Gasteiger partial charge is 0.407 e. The molecule has 170 valence electrons. The summed E-state index contributed by atoms with van der Waals surface area (Å²) < 4.78 is 6.57. The van der Waals surface area contributed by atoms with Crippen molar-refractivity contribution in [1.82, 2.24) is 4.90 Å². The van der Waals surface area contributed by atoms with Crippen LogP contribution < -0.4 is 0 Å². The second-order valence-corrected chi connectivity index (χ2v) is 9.63. The molecule has 3 aromatic carbocycles. The van der Waals surface area contributed by atoms with Crippen LogP contribution in [-0.4, -0.2) is 41.9 Å². The van der Waals surface area contributed by atoms with Crippen LogP contribution in [0.1, 0.15) is 36.3 Å². The van der Waals surface area contributed by atoms with Crippen molar-refractivity contribution in [3.63, 3.8) is 0 Å². The Balaban J connectivity index is 1.34. The van der Waals surface area contributed by atoms with E-state index in [-0.39, 0.29) is 17.4 Å². The highest BCUT2D eigenvalue weighted by molar-refractivity contribution is 5.66. The molecule has 1 N–H and O–H groups in total. The average molecular weight is 442 g/mol. The fourth-order valence-corrected chi connectivity index (χ4v) is 5.08. The summed E-state index contributed by atoms with van der Waals surface area (Å²) in [7, 11) is 0. The van der Waals surface area contributed by atoms with Crippen LogP contribution in [0.3, 0.4) is 0 Å². The predicted octanol–water partition coefficient (Wildman–Crippen LogP) is 6.23. The van der Waals surface area contributed by atoms with E-state index in [4.69, 9.17) is 4.74 Å². The van der Waals surface area contributed by atoms with E-state index in [0.717, 1.165) is 12.8 Å². The Hall–Kier alpha value is -3.11. The first kappa shape index (κ1) is 21.7. The molecule has 1 aliphatic heterocycles. The minimum absolute atomic E-state index is 0.130. The molecule has 4 nitrogen and oxygen atoms in total. The number of nitrogens with zero attached hydrogens (tertiary/aromatic N) is 1. The Labute approximate surface area is 195 Å². The molecule has 2 fully saturated rings. The first-order chi connectivity index (χ1) is 16.1. The van der Waals surface area contributed by atoms with Gasteiger partial charge in [0.25, 0.3) is 0 Å². The number of likely N-dealkylation sites (tertiary alicyclic amines) is 1. The Morgan fingerprint density at radius 3 is 2.33 bits per heavy atom. The molecule has 1 unspecified atom stereocenters. The molecule has 5 rings (SSSR count). The zero-order valence-electron chi connectivity index (χ0n) is 18.9. The van der Waals surface area contributed by atoms with E-state index in [0.29, 0.717) is 19.7 Å². The molecule has 0 radical (unpaired) electrons. The van der Waals surface area contributed by atoms with Gasteiger partial charge in [0.2, 0.25) is 0 Å². The maximum absolute atomic E-state index is 11.7. The molecule has 0 bridgehead atoms. The predicted molar refractivity (Wildman–Crippen MR) is 130 cm³/mol. The molecule has 1 saturated heterocycles. The lowest BCUT2D eigenvalue weighted by atomic mass is 9.85. The highest BCUT2D eigenvalue weighted by Crippen LogP contribution is 2.49. The normalized spacial score (nSPS) is 21.5. The first-order valence-electron chi connectivity index (χ1n) is 11.9. The van der Waals surface area contributed by atoms with Gasteiger partial charge in [-0.3, -0.25) is 0 Å². The van der Waals surface area contributed by atoms with Gasteiger partial charge in [-0.25, -0.2) is 4.79 Å². The van der Waals surface area contributed by atoms with E-state index in [9.17, 15) is 9.90 Å². The van der Waals surface area contributed by atoms with Crippen LogP contribution in [0.25, 0.3) is 11.1 Å². The van der Waals surface area contributed by atoms with Crippen molar-refractivity contribution < 1.29 is 14.6 Å². The summed E-state index contributed by atoms with van der Waals surface area (Å²) in [6, 6.07) is 29.7. The first-order valence-corrected chi connectivity index (χ1v) is 11.9. The van der Waals surface area contributed by atoms with Crippen LogP contribution in [0.5, 0.6) is 0 Å². The van der Waals surface area contributed by atoms with Crippen molar-refractivity contribution in [3.8, 4) is 11.1 Å². The van der Waals surface area contributed by atoms with Gasteiger partial charge in [0.1, 0.15) is 0 Å². The number of ether oxygens (including phenoxy) is 1. The Bertz CT molecular complexity index is 1080. The van der Waals surface area contributed by atoms with Crippen molar-refractivity contribution in [3.05, 3.63) is 96.1 Å². The highest BCUT2D eigenvalue weighted by Gasteiger charge is 2.44. The Kier molecular flexibility index (Phi) is 6.19. The summed E-state index contributed by atoms with van der Waals surface area (Å²) in [4.78, 5) is 13.2. The van der Waals surface area contributed by atoms with Gasteiger partial charge in [-0.2, -0.15) is 0 Å². The van der Waals surface area contributed by atoms with E-state index in [2.05, 4.69) is 78.9 Å². The molecule has 2 atom stereocenters. The van der Waals surface area contributed by atoms with Gasteiger partial charge in [0.15, 0.2) is 0 Å². The van der Waals surface area contributed by atoms with Crippen LogP contribution in [0.2, 0.25) is 0 Å². The zero-order valence-corrected chi connectivity index (χ0v) is 18.9. The quantitative estimate of drug-likeness (QED) is 0.473. The minimum Gasteiger partial charge on any atom is -0.465 e. The van der Waals surface area contributed by atoms with Crippen LogP contribution in [0, 0.1) is 5.41 Å². The number of benzene rings is 3. The molecule has 33 heavy (non-hydrogen) atoms. The second-order valence-electron chi connectivity index (χ2n) is 9.63. The molecular formula is C29H31NO3. The van der Waals surface area contributed by atoms with Crippen LogP contribution in [0.15, 0.2) is 84.9 Å². The van der Waals surface area contributed by atoms with Gasteiger partial charge in [-0.1, -0.05) is 84.9 Å². The summed E-state index contributed by atoms with van der Waals surface area (Å²) in [6.07, 6.45) is 3.16. The molecule has 1 aliphatic carbocycles. The second kappa shape index (κ2) is 9.40. The van der Waals surface area contributed by atoms with Gasteiger partial charge in [0.05, 0.1) is 19.3 Å². The standard InChI is InChI=1S/C29H31NO3/c31-28(32)30-17-14-26(25-13-7-12-24(18-25)23-10-5-2-6-11-23)27(20-30)33-21-29(15-16-29)19-22-8-3-1-4-9-22/h1-13,18,26-27H,14-17,19-21H2,(H,31,32)/t26-,27?/m1/s1. The molecule has 1 saturated carbocycles. The average Bonchev–Trinajstić information content (AvgIpc) is 3.63. The Morgan fingerprint density at radius 2 is 1.64 bits per heavy atom. The van der Waals surface area contributed by atoms with Gasteiger partial charge < -0.3 is 14.7 Å². The molecule has 1 amide bonds. The minimum atomic E-state index is -0.856. The third kappa shape index (κ3) is 5.12. The van der Waals surface area contributed by atoms with Crippen molar-refractivity contribution >= 4 is 6.09 Å². The highest BCUT2D eigenvalue weighted by atomic mass is 16.5. The molecule has 0 aromatic heterocycles. The molecule has 1 heterocycles. The largest absolute Gasteiger partial charge is 0.465 e. The fraction of sp³-hybridized carbons (Fsp3) is 0.345. The summed E-state index contributed by atoms with van der Waals surface area (Å²) in [5.74, 6) is 0.191. The van der Waals surface area contributed by atoms with E-state index < -0.39 is 6.09 Å². The SMILES string of the molecule is O=C(O)N1CC[C@H](c2cccc(-c3ccccc3)c2)C(OCC2(Cc3ccccc3)CC2)C1. The topological polar surface area (TPSA) is 49.8 Å². The van der Waals surface area contributed by atoms with Gasteiger partial charge in [-0.05, 0) is 53.4 Å². The number of piperidine rings is 1. The van der Waals surface area contributed by atoms with Crippen LogP contribution in [0.4, 0.5) is 4.79 Å². The molecule has 0 spiro atoms. The zero-order chi connectivity index (χ0) is 22.7. The summed E-state index contributed by atoms with van der Waals surface area (Å²) in [6.45, 7) is 1.66. The van der Waals surface area contributed by atoms with Gasteiger partial charge in [-0.15, -0.1) is 0 Å². The summed E-state index contributed by atoms with van der Waals surface area (Å²) >= 11 is 0. The van der Waals surface area contributed by atoms with Crippen LogP contribution in [-0.2, 0) is 11.2 Å². The lowest BCUT2D eigenvalue weighted by molar-refractivity contribution is -0.0296. The van der Waals surface area contributed by atoms with E-state index in [1.807, 2.05) is 6.07 Å². The molecule has 3 aromatic rings.